The number of hydrogen-bond donors (Lipinski definition) is 1. The van der Waals surface area contributed by atoms with Gasteiger partial charge in [0.1, 0.15) is 0 Å². The molecule has 5 heteroatoms. The maximum Gasteiger partial charge on any atom is 0.0935 e. The van der Waals surface area contributed by atoms with Crippen molar-refractivity contribution in [3.63, 3.8) is 0 Å². The molecule has 2 saturated heterocycles. The van der Waals surface area contributed by atoms with Gasteiger partial charge in [0.25, 0.3) is 0 Å². The Kier molecular flexibility index (Phi) is 6.93. The molecule has 2 aliphatic heterocycles. The molecule has 2 fully saturated rings. The summed E-state index contributed by atoms with van der Waals surface area (Å²) in [5, 5.41) is 4.27. The lowest BCUT2D eigenvalue weighted by Crippen LogP contribution is -2.57. The molecule has 2 atom stereocenters. The predicted octanol–water partition coefficient (Wildman–Crippen LogP) is 2.74. The zero-order valence-electron chi connectivity index (χ0n) is 14.5. The van der Waals surface area contributed by atoms with Gasteiger partial charge in [0.15, 0.2) is 0 Å². The summed E-state index contributed by atoms with van der Waals surface area (Å²) in [5.74, 6) is 0. The van der Waals surface area contributed by atoms with Crippen LogP contribution in [-0.4, -0.2) is 62.5 Å². The highest BCUT2D eigenvalue weighted by atomic mass is 35.5. The standard InChI is InChI=1S/C19H29ClN2O2/c1-2-23-14-19-12-22(17-7-9-21-10-8-17)18(13-24-19)11-15-3-5-16(20)6-4-15/h3-6,17-19,21H,2,7-14H2,1H3/t18-,19?/m0/s1. The van der Waals surface area contributed by atoms with Gasteiger partial charge in [0.05, 0.1) is 19.3 Å². The van der Waals surface area contributed by atoms with Crippen molar-refractivity contribution in [2.75, 3.05) is 39.5 Å². The van der Waals surface area contributed by atoms with Crippen molar-refractivity contribution in [3.05, 3.63) is 34.9 Å². The van der Waals surface area contributed by atoms with Crippen LogP contribution in [0.15, 0.2) is 24.3 Å². The van der Waals surface area contributed by atoms with E-state index < -0.39 is 0 Å². The van der Waals surface area contributed by atoms with E-state index in [2.05, 4.69) is 22.3 Å². The third-order valence-corrected chi connectivity index (χ3v) is 5.33. The van der Waals surface area contributed by atoms with Crippen molar-refractivity contribution < 1.29 is 9.47 Å². The van der Waals surface area contributed by atoms with Gasteiger partial charge in [0, 0.05) is 30.3 Å². The lowest BCUT2D eigenvalue weighted by molar-refractivity contribution is -0.107. The van der Waals surface area contributed by atoms with Crippen molar-refractivity contribution in [3.8, 4) is 0 Å². The van der Waals surface area contributed by atoms with Crippen molar-refractivity contribution in [2.24, 2.45) is 0 Å². The number of hydrogen-bond acceptors (Lipinski definition) is 4. The van der Waals surface area contributed by atoms with Crippen LogP contribution in [0.1, 0.15) is 25.3 Å². The first kappa shape index (κ1) is 18.2. The van der Waals surface area contributed by atoms with Crippen LogP contribution in [0, 0.1) is 0 Å². The summed E-state index contributed by atoms with van der Waals surface area (Å²) in [5.41, 5.74) is 1.33. The van der Waals surface area contributed by atoms with E-state index in [4.69, 9.17) is 21.1 Å². The molecule has 0 aromatic heterocycles. The molecular weight excluding hydrogens is 324 g/mol. The van der Waals surface area contributed by atoms with Gasteiger partial charge in [-0.2, -0.15) is 0 Å². The second-order valence-electron chi connectivity index (χ2n) is 6.78. The van der Waals surface area contributed by atoms with E-state index in [1.165, 1.54) is 18.4 Å². The number of nitrogens with one attached hydrogen (secondary N) is 1. The van der Waals surface area contributed by atoms with Gasteiger partial charge in [-0.25, -0.2) is 0 Å². The van der Waals surface area contributed by atoms with Crippen molar-refractivity contribution in [1.82, 2.24) is 10.2 Å². The molecule has 134 valence electrons. The minimum absolute atomic E-state index is 0.196. The first-order chi connectivity index (χ1) is 11.8. The third-order valence-electron chi connectivity index (χ3n) is 5.08. The third kappa shape index (κ3) is 4.93. The van der Waals surface area contributed by atoms with Gasteiger partial charge >= 0.3 is 0 Å². The van der Waals surface area contributed by atoms with Crippen LogP contribution in [0.2, 0.25) is 5.02 Å². The summed E-state index contributed by atoms with van der Waals surface area (Å²) in [7, 11) is 0. The molecular formula is C19H29ClN2O2. The molecule has 0 bridgehead atoms. The number of halogens is 1. The summed E-state index contributed by atoms with van der Waals surface area (Å²) in [4.78, 5) is 2.68. The van der Waals surface area contributed by atoms with Gasteiger partial charge in [-0.05, 0) is 57.0 Å². The lowest BCUT2D eigenvalue weighted by atomic mass is 9.97. The molecule has 1 unspecified atom stereocenters. The Morgan fingerprint density at radius 1 is 1.25 bits per heavy atom. The number of nitrogens with zero attached hydrogens (tertiary/aromatic N) is 1. The highest BCUT2D eigenvalue weighted by Crippen LogP contribution is 2.24. The highest BCUT2D eigenvalue weighted by Gasteiger charge is 2.34. The van der Waals surface area contributed by atoms with Gasteiger partial charge in [-0.3, -0.25) is 4.90 Å². The van der Waals surface area contributed by atoms with E-state index in [1.807, 2.05) is 19.1 Å². The number of morpholine rings is 1. The van der Waals surface area contributed by atoms with E-state index in [-0.39, 0.29) is 6.10 Å². The topological polar surface area (TPSA) is 33.7 Å². The van der Waals surface area contributed by atoms with Crippen LogP contribution >= 0.6 is 11.6 Å². The average Bonchev–Trinajstić information content (AvgIpc) is 2.63. The number of piperidine rings is 1. The lowest BCUT2D eigenvalue weighted by Gasteiger charge is -2.45. The minimum Gasteiger partial charge on any atom is -0.379 e. The van der Waals surface area contributed by atoms with Crippen LogP contribution in [-0.2, 0) is 15.9 Å². The summed E-state index contributed by atoms with van der Waals surface area (Å²) >= 11 is 6.02. The molecule has 4 nitrogen and oxygen atoms in total. The molecule has 24 heavy (non-hydrogen) atoms. The Balaban J connectivity index is 1.66. The van der Waals surface area contributed by atoms with Crippen LogP contribution < -0.4 is 5.32 Å². The highest BCUT2D eigenvalue weighted by molar-refractivity contribution is 6.30. The summed E-state index contributed by atoms with van der Waals surface area (Å²) in [6, 6.07) is 9.31. The van der Waals surface area contributed by atoms with Crippen molar-refractivity contribution >= 4 is 11.6 Å². The van der Waals surface area contributed by atoms with E-state index in [0.29, 0.717) is 18.7 Å². The van der Waals surface area contributed by atoms with Crippen LogP contribution in [0.3, 0.4) is 0 Å². The Morgan fingerprint density at radius 2 is 2.00 bits per heavy atom. The first-order valence-electron chi connectivity index (χ1n) is 9.16. The molecule has 0 saturated carbocycles. The second-order valence-corrected chi connectivity index (χ2v) is 7.21. The molecule has 0 amide bonds. The number of rotatable bonds is 6. The molecule has 2 aliphatic rings. The first-order valence-corrected chi connectivity index (χ1v) is 9.54. The average molecular weight is 353 g/mol. The molecule has 0 radical (unpaired) electrons. The maximum atomic E-state index is 6.10. The minimum atomic E-state index is 0.196. The zero-order chi connectivity index (χ0) is 16.8. The number of ether oxygens (including phenoxy) is 2. The van der Waals surface area contributed by atoms with E-state index in [1.54, 1.807) is 0 Å². The fraction of sp³-hybridized carbons (Fsp3) is 0.684. The Labute approximate surface area is 150 Å². The fourth-order valence-electron chi connectivity index (χ4n) is 3.78. The van der Waals surface area contributed by atoms with E-state index >= 15 is 0 Å². The molecule has 1 aromatic carbocycles. The molecule has 1 N–H and O–H groups in total. The number of benzene rings is 1. The van der Waals surface area contributed by atoms with Gasteiger partial charge in [-0.1, -0.05) is 23.7 Å². The van der Waals surface area contributed by atoms with Gasteiger partial charge in [0.2, 0.25) is 0 Å². The SMILES string of the molecule is CCOCC1CN(C2CCNCC2)[C@@H](Cc2ccc(Cl)cc2)CO1. The molecule has 0 aliphatic carbocycles. The molecule has 2 heterocycles. The Morgan fingerprint density at radius 3 is 2.71 bits per heavy atom. The second kappa shape index (κ2) is 9.16. The quantitative estimate of drug-likeness (QED) is 0.853. The van der Waals surface area contributed by atoms with Gasteiger partial charge < -0.3 is 14.8 Å². The summed E-state index contributed by atoms with van der Waals surface area (Å²) in [6.07, 6.45) is 3.65. The molecule has 0 spiro atoms. The molecule has 1 aromatic rings. The largest absolute Gasteiger partial charge is 0.379 e. The monoisotopic (exact) mass is 352 g/mol. The summed E-state index contributed by atoms with van der Waals surface area (Å²) in [6.45, 7) is 7.48. The Hall–Kier alpha value is -0.650. The normalized spacial score (nSPS) is 26.6. The molecule has 3 rings (SSSR count). The smallest absolute Gasteiger partial charge is 0.0935 e. The van der Waals surface area contributed by atoms with Crippen molar-refractivity contribution in [2.45, 2.75) is 44.4 Å². The predicted molar refractivity (Wildman–Crippen MR) is 97.8 cm³/mol. The summed E-state index contributed by atoms with van der Waals surface area (Å²) < 4.78 is 11.7. The van der Waals surface area contributed by atoms with Crippen LogP contribution in [0.4, 0.5) is 0 Å². The van der Waals surface area contributed by atoms with Crippen molar-refractivity contribution in [1.29, 1.82) is 0 Å². The Bertz CT molecular complexity index is 491. The van der Waals surface area contributed by atoms with Crippen LogP contribution in [0.5, 0.6) is 0 Å². The maximum absolute atomic E-state index is 6.10. The zero-order valence-corrected chi connectivity index (χ0v) is 15.3. The van der Waals surface area contributed by atoms with Gasteiger partial charge in [-0.15, -0.1) is 0 Å². The van der Waals surface area contributed by atoms with E-state index in [0.717, 1.165) is 44.3 Å². The van der Waals surface area contributed by atoms with E-state index in [9.17, 15) is 0 Å². The fourth-order valence-corrected chi connectivity index (χ4v) is 3.91. The van der Waals surface area contributed by atoms with Crippen LogP contribution in [0.25, 0.3) is 0 Å².